The van der Waals surface area contributed by atoms with E-state index in [4.69, 9.17) is 9.47 Å². The van der Waals surface area contributed by atoms with Gasteiger partial charge in [-0.15, -0.1) is 11.8 Å². The van der Waals surface area contributed by atoms with E-state index in [1.807, 2.05) is 39.2 Å². The molecule has 1 aromatic carbocycles. The Labute approximate surface area is 152 Å². The number of pyridine rings is 1. The number of thioether (sulfide) groups is 1. The number of hydrogen-bond acceptors (Lipinski definition) is 6. The van der Waals surface area contributed by atoms with Gasteiger partial charge in [-0.2, -0.15) is 0 Å². The van der Waals surface area contributed by atoms with Crippen LogP contribution in [0.5, 0.6) is 11.5 Å². The summed E-state index contributed by atoms with van der Waals surface area (Å²) >= 11 is 1.51. The summed E-state index contributed by atoms with van der Waals surface area (Å²) in [5.74, 6) is 2.08. The zero-order valence-electron chi connectivity index (χ0n) is 15.0. The highest BCUT2D eigenvalue weighted by molar-refractivity contribution is 7.98. The lowest BCUT2D eigenvalue weighted by molar-refractivity contribution is 0.0635. The molecule has 0 aliphatic heterocycles. The second kappa shape index (κ2) is 8.11. The largest absolute Gasteiger partial charge is 0.457 e. The lowest BCUT2D eigenvalue weighted by atomic mass is 10.2. The number of rotatable bonds is 5. The SMILES string of the molecule is CNc1cc(Oc2ccc(NC(=O)OC(C)(C)C)c(SC)c2)ccn1. The van der Waals surface area contributed by atoms with Crippen LogP contribution in [0.2, 0.25) is 0 Å². The van der Waals surface area contributed by atoms with Gasteiger partial charge in [0.15, 0.2) is 0 Å². The summed E-state index contributed by atoms with van der Waals surface area (Å²) in [5, 5.41) is 5.74. The van der Waals surface area contributed by atoms with E-state index in [1.54, 1.807) is 31.4 Å². The third-order valence-corrected chi connectivity index (χ3v) is 3.81. The molecule has 0 unspecified atom stereocenters. The van der Waals surface area contributed by atoms with Crippen LogP contribution in [-0.4, -0.2) is 30.0 Å². The molecule has 2 aromatic rings. The van der Waals surface area contributed by atoms with Crippen LogP contribution >= 0.6 is 11.8 Å². The number of carbonyl (C=O) groups excluding carboxylic acids is 1. The minimum atomic E-state index is -0.543. The molecule has 6 nitrogen and oxygen atoms in total. The molecule has 1 heterocycles. The second-order valence-electron chi connectivity index (χ2n) is 6.22. The Morgan fingerprint density at radius 3 is 2.52 bits per heavy atom. The summed E-state index contributed by atoms with van der Waals surface area (Å²) < 4.78 is 11.2. The molecule has 1 aromatic heterocycles. The number of amides is 1. The van der Waals surface area contributed by atoms with Gasteiger partial charge in [0.2, 0.25) is 0 Å². The van der Waals surface area contributed by atoms with E-state index in [9.17, 15) is 4.79 Å². The van der Waals surface area contributed by atoms with Gasteiger partial charge in [-0.1, -0.05) is 0 Å². The minimum Gasteiger partial charge on any atom is -0.457 e. The maximum Gasteiger partial charge on any atom is 0.412 e. The fraction of sp³-hybridized carbons (Fsp3) is 0.333. The summed E-state index contributed by atoms with van der Waals surface area (Å²) in [6.45, 7) is 5.48. The van der Waals surface area contributed by atoms with Gasteiger partial charge in [0.05, 0.1) is 5.69 Å². The predicted octanol–water partition coefficient (Wildman–Crippen LogP) is 4.98. The standard InChI is InChI=1S/C18H23N3O3S/c1-18(2,3)24-17(22)21-14-7-6-12(10-15(14)25-5)23-13-8-9-20-16(11-13)19-4/h6-11H,1-5H3,(H,19,20)(H,21,22). The van der Waals surface area contributed by atoms with Crippen molar-refractivity contribution < 1.29 is 14.3 Å². The highest BCUT2D eigenvalue weighted by Crippen LogP contribution is 2.32. The first-order chi connectivity index (χ1) is 11.8. The normalized spacial score (nSPS) is 10.9. The molecule has 134 valence electrons. The number of nitrogens with zero attached hydrogens (tertiary/aromatic N) is 1. The van der Waals surface area contributed by atoms with Crippen LogP contribution in [0, 0.1) is 0 Å². The van der Waals surface area contributed by atoms with Crippen molar-refractivity contribution in [3.8, 4) is 11.5 Å². The first kappa shape index (κ1) is 18.9. The average Bonchev–Trinajstić information content (AvgIpc) is 2.54. The number of nitrogens with one attached hydrogen (secondary N) is 2. The van der Waals surface area contributed by atoms with E-state index in [0.29, 0.717) is 17.2 Å². The van der Waals surface area contributed by atoms with Gasteiger partial charge in [0.1, 0.15) is 22.9 Å². The topological polar surface area (TPSA) is 72.5 Å². The van der Waals surface area contributed by atoms with Crippen LogP contribution in [0.4, 0.5) is 16.3 Å². The summed E-state index contributed by atoms with van der Waals surface area (Å²) in [5.41, 5.74) is 0.138. The fourth-order valence-corrected chi connectivity index (χ4v) is 2.57. The highest BCUT2D eigenvalue weighted by Gasteiger charge is 2.17. The first-order valence-corrected chi connectivity index (χ1v) is 9.03. The molecule has 0 fully saturated rings. The van der Waals surface area contributed by atoms with Crippen LogP contribution in [-0.2, 0) is 4.74 Å². The smallest absolute Gasteiger partial charge is 0.412 e. The summed E-state index contributed by atoms with van der Waals surface area (Å²) in [6.07, 6.45) is 3.13. The van der Waals surface area contributed by atoms with E-state index in [1.165, 1.54) is 11.8 Å². The maximum atomic E-state index is 12.0. The number of carbonyl (C=O) groups is 1. The zero-order valence-corrected chi connectivity index (χ0v) is 15.9. The van der Waals surface area contributed by atoms with E-state index in [0.717, 1.165) is 10.7 Å². The van der Waals surface area contributed by atoms with Gasteiger partial charge < -0.3 is 14.8 Å². The molecular weight excluding hydrogens is 338 g/mol. The van der Waals surface area contributed by atoms with E-state index < -0.39 is 11.7 Å². The molecule has 0 aliphatic rings. The quantitative estimate of drug-likeness (QED) is 0.732. The van der Waals surface area contributed by atoms with Crippen LogP contribution in [0.15, 0.2) is 41.4 Å². The molecule has 7 heteroatoms. The highest BCUT2D eigenvalue weighted by atomic mass is 32.2. The van der Waals surface area contributed by atoms with Crippen LogP contribution < -0.4 is 15.4 Å². The Kier molecular flexibility index (Phi) is 6.14. The van der Waals surface area contributed by atoms with Crippen molar-refractivity contribution >= 4 is 29.4 Å². The van der Waals surface area contributed by atoms with Gasteiger partial charge in [-0.3, -0.25) is 5.32 Å². The van der Waals surface area contributed by atoms with Crippen molar-refractivity contribution in [3.05, 3.63) is 36.5 Å². The molecule has 2 rings (SSSR count). The Bertz CT molecular complexity index is 745. The molecule has 0 bridgehead atoms. The van der Waals surface area contributed by atoms with E-state index in [2.05, 4.69) is 15.6 Å². The van der Waals surface area contributed by atoms with E-state index >= 15 is 0 Å². The summed E-state index contributed by atoms with van der Waals surface area (Å²) in [7, 11) is 1.80. The number of benzene rings is 1. The van der Waals surface area contributed by atoms with Crippen molar-refractivity contribution in [1.29, 1.82) is 0 Å². The number of aromatic nitrogens is 1. The Hall–Kier alpha value is -2.41. The molecule has 2 N–H and O–H groups in total. The third-order valence-electron chi connectivity index (χ3n) is 3.03. The Morgan fingerprint density at radius 1 is 1.16 bits per heavy atom. The molecule has 0 saturated carbocycles. The Balaban J connectivity index is 2.14. The van der Waals surface area contributed by atoms with Gasteiger partial charge >= 0.3 is 6.09 Å². The molecule has 0 aliphatic carbocycles. The van der Waals surface area contributed by atoms with Gasteiger partial charge in [0, 0.05) is 24.2 Å². The van der Waals surface area contributed by atoms with Gasteiger partial charge in [-0.25, -0.2) is 9.78 Å². The molecule has 0 saturated heterocycles. The minimum absolute atomic E-state index is 0.482. The third kappa shape index (κ3) is 5.86. The number of hydrogen-bond donors (Lipinski definition) is 2. The molecule has 1 amide bonds. The van der Waals surface area contributed by atoms with E-state index in [-0.39, 0.29) is 0 Å². The number of ether oxygens (including phenoxy) is 2. The molecular formula is C18H23N3O3S. The molecule has 0 spiro atoms. The van der Waals surface area contributed by atoms with Crippen LogP contribution in [0.25, 0.3) is 0 Å². The second-order valence-corrected chi connectivity index (χ2v) is 7.07. The van der Waals surface area contributed by atoms with Crippen molar-refractivity contribution in [2.75, 3.05) is 23.9 Å². The van der Waals surface area contributed by atoms with Gasteiger partial charge in [-0.05, 0) is 51.3 Å². The van der Waals surface area contributed by atoms with Crippen molar-refractivity contribution in [2.45, 2.75) is 31.3 Å². The molecule has 0 radical (unpaired) electrons. The van der Waals surface area contributed by atoms with Crippen LogP contribution in [0.1, 0.15) is 20.8 Å². The zero-order chi connectivity index (χ0) is 18.4. The van der Waals surface area contributed by atoms with Gasteiger partial charge in [0.25, 0.3) is 0 Å². The number of anilines is 2. The lowest BCUT2D eigenvalue weighted by Gasteiger charge is -2.20. The lowest BCUT2D eigenvalue weighted by Crippen LogP contribution is -2.27. The van der Waals surface area contributed by atoms with Crippen molar-refractivity contribution in [2.24, 2.45) is 0 Å². The molecule has 25 heavy (non-hydrogen) atoms. The average molecular weight is 361 g/mol. The maximum absolute atomic E-state index is 12.0. The Morgan fingerprint density at radius 2 is 1.88 bits per heavy atom. The summed E-state index contributed by atoms with van der Waals surface area (Å²) in [6, 6.07) is 9.06. The monoisotopic (exact) mass is 361 g/mol. The van der Waals surface area contributed by atoms with Crippen molar-refractivity contribution in [3.63, 3.8) is 0 Å². The summed E-state index contributed by atoms with van der Waals surface area (Å²) in [4.78, 5) is 17.0. The van der Waals surface area contributed by atoms with Crippen LogP contribution in [0.3, 0.4) is 0 Å². The predicted molar refractivity (Wildman–Crippen MR) is 102 cm³/mol. The fourth-order valence-electron chi connectivity index (χ4n) is 2.00. The molecule has 0 atom stereocenters. The van der Waals surface area contributed by atoms with Crippen molar-refractivity contribution in [1.82, 2.24) is 4.98 Å². The first-order valence-electron chi connectivity index (χ1n) is 7.80.